The SMILES string of the molecule is CC(NC(=O)C(O)Cc1cccc(Cl)c1)c1ccc(Oc2cccnc2)cc1. The molecule has 0 radical (unpaired) electrons. The fourth-order valence-electron chi connectivity index (χ4n) is 2.74. The number of hydrogen-bond donors (Lipinski definition) is 2. The van der Waals surface area contributed by atoms with Gasteiger partial charge in [-0.3, -0.25) is 9.78 Å². The van der Waals surface area contributed by atoms with Crippen LogP contribution in [-0.2, 0) is 11.2 Å². The lowest BCUT2D eigenvalue weighted by atomic mass is 10.1. The van der Waals surface area contributed by atoms with Crippen molar-refractivity contribution in [2.75, 3.05) is 0 Å². The minimum atomic E-state index is -1.14. The van der Waals surface area contributed by atoms with Crippen molar-refractivity contribution < 1.29 is 14.6 Å². The van der Waals surface area contributed by atoms with Crippen molar-refractivity contribution >= 4 is 17.5 Å². The number of nitrogens with one attached hydrogen (secondary N) is 1. The molecule has 1 aromatic heterocycles. The van der Waals surface area contributed by atoms with E-state index < -0.39 is 12.0 Å². The summed E-state index contributed by atoms with van der Waals surface area (Å²) in [7, 11) is 0. The number of aliphatic hydroxyl groups excluding tert-OH is 1. The Balaban J connectivity index is 1.56. The third-order valence-corrected chi connectivity index (χ3v) is 4.46. The maximum atomic E-state index is 12.3. The lowest BCUT2D eigenvalue weighted by Crippen LogP contribution is -2.37. The second-order valence-electron chi connectivity index (χ2n) is 6.44. The van der Waals surface area contributed by atoms with Crippen molar-refractivity contribution in [2.24, 2.45) is 0 Å². The molecule has 0 saturated carbocycles. The molecule has 0 fully saturated rings. The van der Waals surface area contributed by atoms with Gasteiger partial charge in [0.15, 0.2) is 0 Å². The minimum absolute atomic E-state index is 0.205. The van der Waals surface area contributed by atoms with Crippen LogP contribution >= 0.6 is 11.6 Å². The average Bonchev–Trinajstić information content (AvgIpc) is 2.69. The summed E-state index contributed by atoms with van der Waals surface area (Å²) in [6.07, 6.45) is 2.38. The summed E-state index contributed by atoms with van der Waals surface area (Å²) >= 11 is 5.94. The third-order valence-electron chi connectivity index (χ3n) is 4.23. The van der Waals surface area contributed by atoms with E-state index in [2.05, 4.69) is 10.3 Å². The third kappa shape index (κ3) is 5.55. The highest BCUT2D eigenvalue weighted by atomic mass is 35.5. The maximum Gasteiger partial charge on any atom is 0.249 e. The Morgan fingerprint density at radius 2 is 1.93 bits per heavy atom. The van der Waals surface area contributed by atoms with Gasteiger partial charge in [-0.15, -0.1) is 0 Å². The van der Waals surface area contributed by atoms with Crippen LogP contribution in [0.25, 0.3) is 0 Å². The van der Waals surface area contributed by atoms with Gasteiger partial charge < -0.3 is 15.2 Å². The molecule has 28 heavy (non-hydrogen) atoms. The Morgan fingerprint density at radius 3 is 2.61 bits per heavy atom. The molecule has 3 rings (SSSR count). The van der Waals surface area contributed by atoms with Gasteiger partial charge in [-0.1, -0.05) is 35.9 Å². The van der Waals surface area contributed by atoms with Gasteiger partial charge in [-0.25, -0.2) is 0 Å². The van der Waals surface area contributed by atoms with Gasteiger partial charge in [-0.05, 0) is 54.4 Å². The zero-order valence-electron chi connectivity index (χ0n) is 15.4. The number of carbonyl (C=O) groups excluding carboxylic acids is 1. The summed E-state index contributed by atoms with van der Waals surface area (Å²) in [5.74, 6) is 0.903. The number of hydrogen-bond acceptors (Lipinski definition) is 4. The summed E-state index contributed by atoms with van der Waals surface area (Å²) < 4.78 is 5.71. The average molecular weight is 397 g/mol. The molecule has 3 aromatic rings. The molecule has 0 saturated heterocycles. The van der Waals surface area contributed by atoms with Gasteiger partial charge in [0.05, 0.1) is 12.2 Å². The quantitative estimate of drug-likeness (QED) is 0.624. The Kier molecular flexibility index (Phi) is 6.63. The molecule has 1 heterocycles. The van der Waals surface area contributed by atoms with Gasteiger partial charge in [0.2, 0.25) is 5.91 Å². The summed E-state index contributed by atoms with van der Waals surface area (Å²) in [6.45, 7) is 1.86. The Labute approximate surface area is 169 Å². The fourth-order valence-corrected chi connectivity index (χ4v) is 2.95. The second kappa shape index (κ2) is 9.35. The number of amides is 1. The van der Waals surface area contributed by atoms with Crippen molar-refractivity contribution in [3.63, 3.8) is 0 Å². The van der Waals surface area contributed by atoms with Gasteiger partial charge in [0, 0.05) is 17.6 Å². The van der Waals surface area contributed by atoms with E-state index in [1.54, 1.807) is 36.7 Å². The molecule has 5 nitrogen and oxygen atoms in total. The summed E-state index contributed by atoms with van der Waals surface area (Å²) in [5.41, 5.74) is 1.71. The predicted octanol–water partition coefficient (Wildman–Crippen LogP) is 4.31. The lowest BCUT2D eigenvalue weighted by Gasteiger charge is -2.18. The standard InChI is InChI=1S/C22H21ClN2O3/c1-15(25-22(27)21(26)13-16-4-2-5-18(23)12-16)17-7-9-19(10-8-17)28-20-6-3-11-24-14-20/h2-12,14-15,21,26H,13H2,1H3,(H,25,27). The van der Waals surface area contributed by atoms with Gasteiger partial charge in [-0.2, -0.15) is 0 Å². The normalized spacial score (nSPS) is 12.8. The van der Waals surface area contributed by atoms with Crippen LogP contribution in [0.15, 0.2) is 73.1 Å². The zero-order chi connectivity index (χ0) is 19.9. The van der Waals surface area contributed by atoms with Crippen LogP contribution in [0.4, 0.5) is 0 Å². The predicted molar refractivity (Wildman–Crippen MR) is 108 cm³/mol. The van der Waals surface area contributed by atoms with Crippen molar-refractivity contribution in [3.8, 4) is 11.5 Å². The molecule has 1 amide bonds. The first-order valence-corrected chi connectivity index (χ1v) is 9.30. The molecule has 0 aliphatic rings. The second-order valence-corrected chi connectivity index (χ2v) is 6.88. The molecule has 144 valence electrons. The molecule has 0 aliphatic heterocycles. The topological polar surface area (TPSA) is 71.5 Å². The Morgan fingerprint density at radius 1 is 1.14 bits per heavy atom. The minimum Gasteiger partial charge on any atom is -0.456 e. The molecule has 0 bridgehead atoms. The van der Waals surface area contributed by atoms with E-state index in [9.17, 15) is 9.90 Å². The van der Waals surface area contributed by atoms with Crippen LogP contribution in [0.5, 0.6) is 11.5 Å². The smallest absolute Gasteiger partial charge is 0.249 e. The zero-order valence-corrected chi connectivity index (χ0v) is 16.1. The van der Waals surface area contributed by atoms with Crippen LogP contribution in [-0.4, -0.2) is 22.1 Å². The van der Waals surface area contributed by atoms with E-state index in [4.69, 9.17) is 16.3 Å². The molecular weight excluding hydrogens is 376 g/mol. The highest BCUT2D eigenvalue weighted by Crippen LogP contribution is 2.23. The number of carbonyl (C=O) groups is 1. The van der Waals surface area contributed by atoms with E-state index in [1.807, 2.05) is 43.3 Å². The number of benzene rings is 2. The van der Waals surface area contributed by atoms with Crippen molar-refractivity contribution in [1.29, 1.82) is 0 Å². The summed E-state index contributed by atoms with van der Waals surface area (Å²) in [5, 5.41) is 13.6. The summed E-state index contributed by atoms with van der Waals surface area (Å²) in [4.78, 5) is 16.3. The molecule has 2 unspecified atom stereocenters. The first-order valence-electron chi connectivity index (χ1n) is 8.92. The molecular formula is C22H21ClN2O3. The van der Waals surface area contributed by atoms with Gasteiger partial charge in [0.25, 0.3) is 0 Å². The van der Waals surface area contributed by atoms with Gasteiger partial charge >= 0.3 is 0 Å². The molecule has 0 aliphatic carbocycles. The van der Waals surface area contributed by atoms with E-state index >= 15 is 0 Å². The highest BCUT2D eigenvalue weighted by Gasteiger charge is 2.18. The number of aromatic nitrogens is 1. The lowest BCUT2D eigenvalue weighted by molar-refractivity contribution is -0.129. The van der Waals surface area contributed by atoms with Crippen LogP contribution in [0, 0.1) is 0 Å². The molecule has 6 heteroatoms. The number of aliphatic hydroxyl groups is 1. The number of ether oxygens (including phenoxy) is 1. The molecule has 2 atom stereocenters. The van der Waals surface area contributed by atoms with Crippen LogP contribution in [0.2, 0.25) is 5.02 Å². The van der Waals surface area contributed by atoms with E-state index in [0.717, 1.165) is 11.1 Å². The number of rotatable bonds is 7. The van der Waals surface area contributed by atoms with E-state index in [0.29, 0.717) is 16.5 Å². The van der Waals surface area contributed by atoms with E-state index in [-0.39, 0.29) is 12.5 Å². The van der Waals surface area contributed by atoms with Crippen molar-refractivity contribution in [1.82, 2.24) is 10.3 Å². The summed E-state index contributed by atoms with van der Waals surface area (Å²) in [6, 6.07) is 17.9. The van der Waals surface area contributed by atoms with Crippen LogP contribution in [0.3, 0.4) is 0 Å². The number of pyridine rings is 1. The highest BCUT2D eigenvalue weighted by molar-refractivity contribution is 6.30. The largest absolute Gasteiger partial charge is 0.456 e. The van der Waals surface area contributed by atoms with Crippen LogP contribution < -0.4 is 10.1 Å². The Hall–Kier alpha value is -2.89. The molecule has 0 spiro atoms. The fraction of sp³-hybridized carbons (Fsp3) is 0.182. The monoisotopic (exact) mass is 396 g/mol. The van der Waals surface area contributed by atoms with Gasteiger partial charge in [0.1, 0.15) is 17.6 Å². The number of halogens is 1. The van der Waals surface area contributed by atoms with Crippen molar-refractivity contribution in [2.45, 2.75) is 25.5 Å². The first-order chi connectivity index (χ1) is 13.5. The molecule has 2 aromatic carbocycles. The van der Waals surface area contributed by atoms with Crippen LogP contribution in [0.1, 0.15) is 24.1 Å². The Bertz CT molecular complexity index is 917. The van der Waals surface area contributed by atoms with Crippen molar-refractivity contribution in [3.05, 3.63) is 89.2 Å². The maximum absolute atomic E-state index is 12.3. The number of nitrogens with zero attached hydrogens (tertiary/aromatic N) is 1. The van der Waals surface area contributed by atoms with E-state index in [1.165, 1.54) is 0 Å². The first kappa shape index (κ1) is 19.9. The molecule has 2 N–H and O–H groups in total.